The molecule has 0 aromatic heterocycles. The van der Waals surface area contributed by atoms with Crippen molar-refractivity contribution in [2.45, 2.75) is 13.0 Å². The van der Waals surface area contributed by atoms with Crippen LogP contribution in [0.3, 0.4) is 0 Å². The van der Waals surface area contributed by atoms with Crippen molar-refractivity contribution in [3.8, 4) is 5.75 Å². The van der Waals surface area contributed by atoms with E-state index in [1.807, 2.05) is 36.4 Å². The summed E-state index contributed by atoms with van der Waals surface area (Å²) in [6.45, 7) is 1.19. The van der Waals surface area contributed by atoms with Crippen LogP contribution in [0.4, 0.5) is 10.1 Å². The van der Waals surface area contributed by atoms with Crippen molar-refractivity contribution in [3.05, 3.63) is 95.3 Å². The van der Waals surface area contributed by atoms with Gasteiger partial charge in [-0.05, 0) is 53.6 Å². The first-order chi connectivity index (χ1) is 16.0. The molecule has 3 aromatic rings. The van der Waals surface area contributed by atoms with Crippen molar-refractivity contribution >= 4 is 17.5 Å². The van der Waals surface area contributed by atoms with E-state index in [9.17, 15) is 14.0 Å². The van der Waals surface area contributed by atoms with E-state index in [-0.39, 0.29) is 30.3 Å². The molecule has 3 aromatic carbocycles. The van der Waals surface area contributed by atoms with Crippen LogP contribution in [0.25, 0.3) is 0 Å². The number of rotatable bonds is 10. The highest BCUT2D eigenvalue weighted by molar-refractivity contribution is 6.06. The highest BCUT2D eigenvalue weighted by atomic mass is 19.1. The third-order valence-corrected chi connectivity index (χ3v) is 5.06. The van der Waals surface area contributed by atoms with Crippen molar-refractivity contribution in [3.63, 3.8) is 0 Å². The summed E-state index contributed by atoms with van der Waals surface area (Å²) in [5.41, 5.74) is 2.60. The molecule has 0 saturated heterocycles. The van der Waals surface area contributed by atoms with Gasteiger partial charge in [-0.1, -0.05) is 30.3 Å². The number of hydrogen-bond donors (Lipinski definition) is 1. The van der Waals surface area contributed by atoms with Crippen LogP contribution in [0.15, 0.2) is 72.8 Å². The molecule has 6 nitrogen and oxygen atoms in total. The van der Waals surface area contributed by atoms with Crippen LogP contribution in [0.1, 0.15) is 21.5 Å². The van der Waals surface area contributed by atoms with Crippen LogP contribution in [0.5, 0.6) is 5.75 Å². The molecule has 0 aliphatic rings. The standard InChI is InChI=1S/C26H27FN2O4/c1-32-15-14-28-25(30)16-19-6-10-23(11-7-19)29(18-20-8-12-24(33-2)13-9-20)26(31)21-4-3-5-22(27)17-21/h3-13,17H,14-16,18H2,1-2H3,(H,28,30). The Morgan fingerprint density at radius 3 is 2.27 bits per heavy atom. The summed E-state index contributed by atoms with van der Waals surface area (Å²) in [5.74, 6) is -0.184. The van der Waals surface area contributed by atoms with E-state index in [1.165, 1.54) is 18.2 Å². The highest BCUT2D eigenvalue weighted by Gasteiger charge is 2.19. The van der Waals surface area contributed by atoms with Crippen molar-refractivity contribution in [2.24, 2.45) is 0 Å². The lowest BCUT2D eigenvalue weighted by atomic mass is 10.1. The molecule has 7 heteroatoms. The van der Waals surface area contributed by atoms with Crippen molar-refractivity contribution in [1.82, 2.24) is 5.32 Å². The Hall–Kier alpha value is -3.71. The number of nitrogens with zero attached hydrogens (tertiary/aromatic N) is 1. The van der Waals surface area contributed by atoms with Crippen molar-refractivity contribution < 1.29 is 23.5 Å². The monoisotopic (exact) mass is 450 g/mol. The van der Waals surface area contributed by atoms with Gasteiger partial charge in [0.25, 0.3) is 5.91 Å². The van der Waals surface area contributed by atoms with Gasteiger partial charge < -0.3 is 19.7 Å². The van der Waals surface area contributed by atoms with E-state index in [0.717, 1.165) is 16.9 Å². The van der Waals surface area contributed by atoms with Gasteiger partial charge in [-0.25, -0.2) is 4.39 Å². The zero-order valence-electron chi connectivity index (χ0n) is 18.7. The molecule has 1 N–H and O–H groups in total. The zero-order chi connectivity index (χ0) is 23.6. The molecule has 3 rings (SSSR count). The minimum absolute atomic E-state index is 0.106. The second-order valence-electron chi connectivity index (χ2n) is 7.44. The summed E-state index contributed by atoms with van der Waals surface area (Å²) in [6, 6.07) is 20.2. The fourth-order valence-corrected chi connectivity index (χ4v) is 3.31. The Labute approximate surface area is 192 Å². The minimum Gasteiger partial charge on any atom is -0.497 e. The molecule has 0 aliphatic carbocycles. The molecule has 0 fully saturated rings. The summed E-state index contributed by atoms with van der Waals surface area (Å²) < 4.78 is 23.9. The maximum Gasteiger partial charge on any atom is 0.258 e. The molecule has 0 saturated carbocycles. The van der Waals surface area contributed by atoms with E-state index >= 15 is 0 Å². The minimum atomic E-state index is -0.472. The van der Waals surface area contributed by atoms with Gasteiger partial charge in [-0.15, -0.1) is 0 Å². The summed E-state index contributed by atoms with van der Waals surface area (Å²) in [4.78, 5) is 26.9. The number of amides is 2. The van der Waals surface area contributed by atoms with Crippen LogP contribution in [0.2, 0.25) is 0 Å². The summed E-state index contributed by atoms with van der Waals surface area (Å²) in [6.07, 6.45) is 0.223. The average Bonchev–Trinajstić information content (AvgIpc) is 2.83. The summed E-state index contributed by atoms with van der Waals surface area (Å²) in [7, 11) is 3.17. The van der Waals surface area contributed by atoms with E-state index in [2.05, 4.69) is 5.32 Å². The van der Waals surface area contributed by atoms with Crippen LogP contribution < -0.4 is 15.0 Å². The Kier molecular flexibility index (Phi) is 8.55. The van der Waals surface area contributed by atoms with Crippen molar-refractivity contribution in [2.75, 3.05) is 32.3 Å². The number of ether oxygens (including phenoxy) is 2. The van der Waals surface area contributed by atoms with Gasteiger partial charge in [0.2, 0.25) is 5.91 Å². The van der Waals surface area contributed by atoms with Gasteiger partial charge in [0.1, 0.15) is 11.6 Å². The summed E-state index contributed by atoms with van der Waals surface area (Å²) in [5, 5.41) is 2.78. The second kappa shape index (κ2) is 11.8. The van der Waals surface area contributed by atoms with Gasteiger partial charge in [0.15, 0.2) is 0 Å². The van der Waals surface area contributed by atoms with E-state index in [1.54, 1.807) is 37.3 Å². The maximum absolute atomic E-state index is 13.8. The molecule has 0 radical (unpaired) electrons. The van der Waals surface area contributed by atoms with Gasteiger partial charge in [-0.2, -0.15) is 0 Å². The molecular formula is C26H27FN2O4. The van der Waals surface area contributed by atoms with Crippen LogP contribution in [-0.4, -0.2) is 39.2 Å². The lowest BCUT2D eigenvalue weighted by Gasteiger charge is -2.24. The van der Waals surface area contributed by atoms with Crippen LogP contribution >= 0.6 is 0 Å². The number of carbonyl (C=O) groups excluding carboxylic acids is 2. The van der Waals surface area contributed by atoms with Gasteiger partial charge in [0, 0.05) is 24.9 Å². The fourth-order valence-electron chi connectivity index (χ4n) is 3.31. The molecule has 0 atom stereocenters. The molecule has 0 bridgehead atoms. The van der Waals surface area contributed by atoms with Crippen LogP contribution in [0, 0.1) is 5.82 Å². The van der Waals surface area contributed by atoms with Gasteiger partial charge >= 0.3 is 0 Å². The predicted octanol–water partition coefficient (Wildman–Crippen LogP) is 3.99. The number of benzene rings is 3. The molecule has 0 aliphatic heterocycles. The van der Waals surface area contributed by atoms with Gasteiger partial charge in [0.05, 0.1) is 26.7 Å². The lowest BCUT2D eigenvalue weighted by Crippen LogP contribution is -2.30. The maximum atomic E-state index is 13.8. The molecule has 33 heavy (non-hydrogen) atoms. The fraction of sp³-hybridized carbons (Fsp3) is 0.231. The van der Waals surface area contributed by atoms with Gasteiger partial charge in [-0.3, -0.25) is 9.59 Å². The zero-order valence-corrected chi connectivity index (χ0v) is 18.7. The largest absolute Gasteiger partial charge is 0.497 e. The van der Waals surface area contributed by atoms with E-state index in [4.69, 9.17) is 9.47 Å². The number of hydrogen-bond acceptors (Lipinski definition) is 4. The highest BCUT2D eigenvalue weighted by Crippen LogP contribution is 2.23. The topological polar surface area (TPSA) is 67.9 Å². The average molecular weight is 451 g/mol. The third kappa shape index (κ3) is 6.89. The Morgan fingerprint density at radius 1 is 0.939 bits per heavy atom. The predicted molar refractivity (Wildman–Crippen MR) is 125 cm³/mol. The van der Waals surface area contributed by atoms with Crippen LogP contribution in [-0.2, 0) is 22.5 Å². The normalized spacial score (nSPS) is 10.5. The first-order valence-electron chi connectivity index (χ1n) is 10.5. The number of halogens is 1. The molecule has 0 heterocycles. The third-order valence-electron chi connectivity index (χ3n) is 5.06. The SMILES string of the molecule is COCCNC(=O)Cc1ccc(N(Cc2ccc(OC)cc2)C(=O)c2cccc(F)c2)cc1. The number of methoxy groups -OCH3 is 2. The smallest absolute Gasteiger partial charge is 0.258 e. The molecule has 0 spiro atoms. The van der Waals surface area contributed by atoms with E-state index < -0.39 is 5.82 Å². The van der Waals surface area contributed by atoms with Crippen molar-refractivity contribution in [1.29, 1.82) is 0 Å². The molecule has 172 valence electrons. The Balaban J connectivity index is 1.82. The Morgan fingerprint density at radius 2 is 1.64 bits per heavy atom. The first kappa shape index (κ1) is 23.9. The second-order valence-corrected chi connectivity index (χ2v) is 7.44. The summed E-state index contributed by atoms with van der Waals surface area (Å²) >= 11 is 0. The van der Waals surface area contributed by atoms with E-state index in [0.29, 0.717) is 18.8 Å². The number of anilines is 1. The molecule has 0 unspecified atom stereocenters. The first-order valence-corrected chi connectivity index (χ1v) is 10.5. The molecular weight excluding hydrogens is 423 g/mol. The quantitative estimate of drug-likeness (QED) is 0.475. The number of carbonyl (C=O) groups is 2. The lowest BCUT2D eigenvalue weighted by molar-refractivity contribution is -0.120. The number of nitrogens with one attached hydrogen (secondary N) is 1. The Bertz CT molecular complexity index is 1070. The molecule has 2 amide bonds.